The van der Waals surface area contributed by atoms with E-state index in [0.717, 1.165) is 6.42 Å². The quantitative estimate of drug-likeness (QED) is 0.500. The fourth-order valence-corrected chi connectivity index (χ4v) is 3.27. The van der Waals surface area contributed by atoms with Gasteiger partial charge in [0.15, 0.2) is 5.69 Å². The van der Waals surface area contributed by atoms with Crippen molar-refractivity contribution in [3.05, 3.63) is 50.7 Å². The minimum absolute atomic E-state index is 0.0104. The molecule has 1 aromatic heterocycles. The molecule has 0 aliphatic heterocycles. The number of amides is 2. The lowest BCUT2D eigenvalue weighted by molar-refractivity contribution is -0.122. The number of aromatic amines is 1. The maximum Gasteiger partial charge on any atom is 0.330 e. The minimum atomic E-state index is -0.735. The molecule has 33 heavy (non-hydrogen) atoms. The second-order valence-electron chi connectivity index (χ2n) is 8.13. The summed E-state index contributed by atoms with van der Waals surface area (Å²) in [6.45, 7) is 6.26. The summed E-state index contributed by atoms with van der Waals surface area (Å²) in [5, 5.41) is 11.5. The molecule has 0 saturated carbocycles. The van der Waals surface area contributed by atoms with Gasteiger partial charge in [0, 0.05) is 31.6 Å². The van der Waals surface area contributed by atoms with Crippen LogP contribution in [0.3, 0.4) is 0 Å². The topological polar surface area (TPSA) is 154 Å². The summed E-state index contributed by atoms with van der Waals surface area (Å²) in [6, 6.07) is 8.35. The minimum Gasteiger partial charge on any atom is -0.383 e. The predicted molar refractivity (Wildman–Crippen MR) is 127 cm³/mol. The van der Waals surface area contributed by atoms with Crippen molar-refractivity contribution in [2.75, 3.05) is 22.5 Å². The molecule has 0 unspecified atom stereocenters. The number of nitriles is 1. The SMILES string of the molecule is CCCCn1c(N)c(N(CC(C)C)C(=O)CCC(=O)Nc2ccc(C#N)cc2)c(=O)[nH]c1=O. The van der Waals surface area contributed by atoms with Crippen molar-refractivity contribution in [3.8, 4) is 6.07 Å². The zero-order valence-electron chi connectivity index (χ0n) is 19.2. The van der Waals surface area contributed by atoms with Crippen LogP contribution in [0.1, 0.15) is 52.0 Å². The Labute approximate surface area is 192 Å². The number of nitrogen functional groups attached to an aromatic ring is 1. The average molecular weight is 455 g/mol. The number of nitrogens with one attached hydrogen (secondary N) is 2. The number of H-pyrrole nitrogens is 1. The first-order chi connectivity index (χ1) is 15.7. The van der Waals surface area contributed by atoms with Crippen molar-refractivity contribution in [1.29, 1.82) is 5.26 Å². The Hall–Kier alpha value is -3.87. The van der Waals surface area contributed by atoms with Gasteiger partial charge < -0.3 is 16.0 Å². The highest BCUT2D eigenvalue weighted by Gasteiger charge is 2.25. The van der Waals surface area contributed by atoms with Gasteiger partial charge in [-0.15, -0.1) is 0 Å². The third-order valence-corrected chi connectivity index (χ3v) is 4.93. The molecular formula is C23H30N6O4. The van der Waals surface area contributed by atoms with E-state index in [-0.39, 0.29) is 42.7 Å². The lowest BCUT2D eigenvalue weighted by atomic mass is 10.1. The van der Waals surface area contributed by atoms with Gasteiger partial charge in [0.05, 0.1) is 11.6 Å². The van der Waals surface area contributed by atoms with E-state index in [0.29, 0.717) is 24.2 Å². The second-order valence-corrected chi connectivity index (χ2v) is 8.13. The van der Waals surface area contributed by atoms with Gasteiger partial charge in [-0.3, -0.25) is 23.9 Å². The Bertz CT molecular complexity index is 1140. The van der Waals surface area contributed by atoms with Gasteiger partial charge in [0.1, 0.15) is 5.82 Å². The summed E-state index contributed by atoms with van der Waals surface area (Å²) in [4.78, 5) is 53.7. The molecule has 0 saturated heterocycles. The van der Waals surface area contributed by atoms with Crippen LogP contribution in [0.15, 0.2) is 33.9 Å². The van der Waals surface area contributed by atoms with Crippen molar-refractivity contribution in [2.45, 2.75) is 53.0 Å². The number of hydrogen-bond acceptors (Lipinski definition) is 6. The van der Waals surface area contributed by atoms with Crippen LogP contribution in [0.25, 0.3) is 0 Å². The van der Waals surface area contributed by atoms with Crippen LogP contribution < -0.4 is 27.2 Å². The molecule has 0 aliphatic carbocycles. The molecule has 2 amide bonds. The number of benzene rings is 1. The molecule has 4 N–H and O–H groups in total. The molecule has 176 valence electrons. The van der Waals surface area contributed by atoms with Crippen LogP contribution in [0, 0.1) is 17.2 Å². The van der Waals surface area contributed by atoms with Crippen LogP contribution in [0.2, 0.25) is 0 Å². The van der Waals surface area contributed by atoms with Crippen LogP contribution >= 0.6 is 0 Å². The van der Waals surface area contributed by atoms with E-state index >= 15 is 0 Å². The smallest absolute Gasteiger partial charge is 0.330 e. The van der Waals surface area contributed by atoms with Crippen LogP contribution in [0.5, 0.6) is 0 Å². The summed E-state index contributed by atoms with van der Waals surface area (Å²) in [5.74, 6) is -0.881. The number of nitrogens with two attached hydrogens (primary N) is 1. The zero-order valence-corrected chi connectivity index (χ0v) is 19.2. The number of unbranched alkanes of at least 4 members (excludes halogenated alkanes) is 1. The van der Waals surface area contributed by atoms with Crippen LogP contribution in [0.4, 0.5) is 17.2 Å². The summed E-state index contributed by atoms with van der Waals surface area (Å²) in [7, 11) is 0. The van der Waals surface area contributed by atoms with Crippen LogP contribution in [-0.2, 0) is 16.1 Å². The summed E-state index contributed by atoms with van der Waals surface area (Å²) in [6.07, 6.45) is 1.25. The molecule has 10 nitrogen and oxygen atoms in total. The Balaban J connectivity index is 2.21. The Morgan fingerprint density at radius 1 is 1.21 bits per heavy atom. The number of carbonyl (C=O) groups is 2. The number of hydrogen-bond donors (Lipinski definition) is 3. The maximum atomic E-state index is 13.0. The van der Waals surface area contributed by atoms with Gasteiger partial charge in [-0.05, 0) is 36.6 Å². The van der Waals surface area contributed by atoms with Crippen molar-refractivity contribution < 1.29 is 9.59 Å². The fraction of sp³-hybridized carbons (Fsp3) is 0.435. The van der Waals surface area contributed by atoms with Gasteiger partial charge in [0.2, 0.25) is 11.8 Å². The van der Waals surface area contributed by atoms with E-state index in [4.69, 9.17) is 11.0 Å². The first-order valence-electron chi connectivity index (χ1n) is 10.9. The van der Waals surface area contributed by atoms with Crippen LogP contribution in [-0.4, -0.2) is 27.9 Å². The molecule has 0 fully saturated rings. The van der Waals surface area contributed by atoms with E-state index in [1.807, 2.05) is 26.8 Å². The highest BCUT2D eigenvalue weighted by molar-refractivity contribution is 5.99. The highest BCUT2D eigenvalue weighted by Crippen LogP contribution is 2.20. The third-order valence-electron chi connectivity index (χ3n) is 4.93. The Kier molecular flexibility index (Phi) is 8.98. The first kappa shape index (κ1) is 25.4. The maximum absolute atomic E-state index is 13.0. The molecule has 0 radical (unpaired) electrons. The number of anilines is 3. The van der Waals surface area contributed by atoms with E-state index in [1.165, 1.54) is 9.47 Å². The van der Waals surface area contributed by atoms with Gasteiger partial charge in [0.25, 0.3) is 5.56 Å². The number of rotatable bonds is 10. The molecule has 1 heterocycles. The molecule has 2 rings (SSSR count). The van der Waals surface area contributed by atoms with E-state index in [2.05, 4.69) is 10.3 Å². The van der Waals surface area contributed by atoms with Crippen molar-refractivity contribution in [3.63, 3.8) is 0 Å². The lowest BCUT2D eigenvalue weighted by Gasteiger charge is -2.26. The van der Waals surface area contributed by atoms with Gasteiger partial charge in [-0.2, -0.15) is 5.26 Å². The highest BCUT2D eigenvalue weighted by atomic mass is 16.2. The zero-order chi connectivity index (χ0) is 24.5. The normalized spacial score (nSPS) is 10.6. The Morgan fingerprint density at radius 2 is 1.88 bits per heavy atom. The second kappa shape index (κ2) is 11.7. The van der Waals surface area contributed by atoms with Crippen molar-refractivity contribution in [1.82, 2.24) is 9.55 Å². The van der Waals surface area contributed by atoms with Crippen molar-refractivity contribution >= 4 is 29.0 Å². The molecule has 0 spiro atoms. The predicted octanol–water partition coefficient (Wildman–Crippen LogP) is 2.20. The third kappa shape index (κ3) is 6.80. The molecule has 2 aromatic rings. The summed E-state index contributed by atoms with van der Waals surface area (Å²) < 4.78 is 1.26. The monoisotopic (exact) mass is 454 g/mol. The molecule has 10 heteroatoms. The summed E-state index contributed by atoms with van der Waals surface area (Å²) in [5.41, 5.74) is 5.72. The summed E-state index contributed by atoms with van der Waals surface area (Å²) >= 11 is 0. The largest absolute Gasteiger partial charge is 0.383 e. The van der Waals surface area contributed by atoms with E-state index in [9.17, 15) is 19.2 Å². The molecule has 1 aromatic carbocycles. The first-order valence-corrected chi connectivity index (χ1v) is 10.9. The number of carbonyl (C=O) groups excluding carboxylic acids is 2. The van der Waals surface area contributed by atoms with E-state index in [1.54, 1.807) is 24.3 Å². The number of aromatic nitrogens is 2. The molecule has 0 aliphatic rings. The lowest BCUT2D eigenvalue weighted by Crippen LogP contribution is -2.42. The molecular weight excluding hydrogens is 424 g/mol. The van der Waals surface area contributed by atoms with Gasteiger partial charge >= 0.3 is 5.69 Å². The number of nitrogens with zero attached hydrogens (tertiary/aromatic N) is 3. The van der Waals surface area contributed by atoms with E-state index < -0.39 is 17.2 Å². The van der Waals surface area contributed by atoms with Crippen molar-refractivity contribution in [2.24, 2.45) is 5.92 Å². The standard InChI is InChI=1S/C23H30N6O4/c1-4-5-12-28-21(25)20(22(32)27-23(28)33)29(14-15(2)3)19(31)11-10-18(30)26-17-8-6-16(13-24)7-9-17/h6-9,15H,4-5,10-12,14,25H2,1-3H3,(H,26,30)(H,27,32,33). The average Bonchev–Trinajstić information content (AvgIpc) is 2.76. The van der Waals surface area contributed by atoms with Gasteiger partial charge in [-0.25, -0.2) is 4.79 Å². The molecule has 0 atom stereocenters. The molecule has 0 bridgehead atoms. The fourth-order valence-electron chi connectivity index (χ4n) is 3.27. The Morgan fingerprint density at radius 3 is 2.45 bits per heavy atom. The van der Waals surface area contributed by atoms with Gasteiger partial charge in [-0.1, -0.05) is 27.2 Å².